The van der Waals surface area contributed by atoms with E-state index in [0.29, 0.717) is 10.6 Å². The van der Waals surface area contributed by atoms with Crippen LogP contribution in [0.5, 0.6) is 0 Å². The minimum absolute atomic E-state index is 0.0114. The van der Waals surface area contributed by atoms with E-state index in [1.807, 2.05) is 32.0 Å². The second-order valence-corrected chi connectivity index (χ2v) is 7.77. The number of hydrogen-bond donors (Lipinski definition) is 2. The van der Waals surface area contributed by atoms with E-state index in [1.165, 1.54) is 6.07 Å². The van der Waals surface area contributed by atoms with Crippen LogP contribution in [0, 0.1) is 31.0 Å². The van der Waals surface area contributed by atoms with E-state index in [2.05, 4.69) is 16.7 Å². The Morgan fingerprint density at radius 2 is 1.93 bits per heavy atom. The quantitative estimate of drug-likeness (QED) is 0.777. The van der Waals surface area contributed by atoms with Crippen molar-refractivity contribution in [2.24, 2.45) is 0 Å². The number of amides is 2. The first-order valence-corrected chi connectivity index (χ1v) is 10.1. The number of halogens is 1. The maximum atomic E-state index is 14.2. The van der Waals surface area contributed by atoms with Gasteiger partial charge >= 0.3 is 0 Å². The Balaban J connectivity index is 1.79. The Labute approximate surface area is 173 Å². The highest BCUT2D eigenvalue weighted by molar-refractivity contribution is 8.03. The number of thioether (sulfide) groups is 1. The molecule has 0 unspecified atom stereocenters. The van der Waals surface area contributed by atoms with Gasteiger partial charge in [-0.25, -0.2) is 4.39 Å². The molecule has 1 aliphatic rings. The van der Waals surface area contributed by atoms with Crippen LogP contribution in [0.25, 0.3) is 0 Å². The van der Waals surface area contributed by atoms with Crippen LogP contribution in [0.1, 0.15) is 29.0 Å². The number of allylic oxidation sites excluding steroid dienone is 1. The number of nitriles is 1. The number of para-hydroxylation sites is 1. The van der Waals surface area contributed by atoms with Gasteiger partial charge in [0.15, 0.2) is 0 Å². The van der Waals surface area contributed by atoms with Crippen LogP contribution in [0.3, 0.4) is 0 Å². The molecule has 7 heteroatoms. The molecule has 2 aromatic rings. The van der Waals surface area contributed by atoms with Crippen molar-refractivity contribution in [3.8, 4) is 6.07 Å². The first kappa shape index (κ1) is 20.6. The molecule has 0 radical (unpaired) electrons. The van der Waals surface area contributed by atoms with E-state index < -0.39 is 11.7 Å². The summed E-state index contributed by atoms with van der Waals surface area (Å²) in [6.07, 6.45) is -0.0114. The SMILES string of the molecule is Cc1cccc(C)c1NC(=O)CSC1=C(C#N)[C@H](c2ccccc2F)CC(=O)N1. The number of aryl methyl sites for hydroxylation is 2. The zero-order valence-corrected chi connectivity index (χ0v) is 16.9. The number of anilines is 1. The molecule has 3 rings (SSSR count). The highest BCUT2D eigenvalue weighted by Gasteiger charge is 2.31. The van der Waals surface area contributed by atoms with Crippen molar-refractivity contribution in [3.05, 3.63) is 75.6 Å². The summed E-state index contributed by atoms with van der Waals surface area (Å²) < 4.78 is 14.2. The number of carbonyl (C=O) groups excluding carboxylic acids is 2. The lowest BCUT2D eigenvalue weighted by molar-refractivity contribution is -0.121. The van der Waals surface area contributed by atoms with E-state index in [9.17, 15) is 19.2 Å². The number of nitrogens with one attached hydrogen (secondary N) is 2. The van der Waals surface area contributed by atoms with Gasteiger partial charge in [-0.3, -0.25) is 9.59 Å². The van der Waals surface area contributed by atoms with Crippen molar-refractivity contribution in [3.63, 3.8) is 0 Å². The summed E-state index contributed by atoms with van der Waals surface area (Å²) in [6.45, 7) is 3.82. The van der Waals surface area contributed by atoms with Crippen LogP contribution in [0.4, 0.5) is 10.1 Å². The van der Waals surface area contributed by atoms with E-state index in [4.69, 9.17) is 0 Å². The molecular weight excluding hydrogens is 389 g/mol. The molecule has 1 aliphatic heterocycles. The van der Waals surface area contributed by atoms with Crippen LogP contribution < -0.4 is 10.6 Å². The average molecular weight is 409 g/mol. The van der Waals surface area contributed by atoms with E-state index in [1.54, 1.807) is 18.2 Å². The van der Waals surface area contributed by atoms with Gasteiger partial charge in [-0.15, -0.1) is 0 Å². The van der Waals surface area contributed by atoms with Crippen LogP contribution in [-0.2, 0) is 9.59 Å². The fourth-order valence-corrected chi connectivity index (χ4v) is 4.16. The Morgan fingerprint density at radius 1 is 1.24 bits per heavy atom. The van der Waals surface area contributed by atoms with Crippen molar-refractivity contribution in [2.45, 2.75) is 26.2 Å². The largest absolute Gasteiger partial charge is 0.325 e. The van der Waals surface area contributed by atoms with E-state index >= 15 is 0 Å². The summed E-state index contributed by atoms with van der Waals surface area (Å²) in [6, 6.07) is 13.9. The van der Waals surface area contributed by atoms with Gasteiger partial charge < -0.3 is 10.6 Å². The molecule has 0 fully saturated rings. The Hall–Kier alpha value is -3.11. The first-order valence-electron chi connectivity index (χ1n) is 9.08. The molecular formula is C22H20FN3O2S. The molecule has 2 amide bonds. The number of carbonyl (C=O) groups is 2. The predicted octanol–water partition coefficient (Wildman–Crippen LogP) is 4.15. The first-order chi connectivity index (χ1) is 13.9. The molecule has 2 aromatic carbocycles. The van der Waals surface area contributed by atoms with Crippen molar-refractivity contribution >= 4 is 29.3 Å². The smallest absolute Gasteiger partial charge is 0.234 e. The zero-order chi connectivity index (χ0) is 21.0. The molecule has 148 valence electrons. The van der Waals surface area contributed by atoms with E-state index in [-0.39, 0.29) is 29.6 Å². The monoisotopic (exact) mass is 409 g/mol. The van der Waals surface area contributed by atoms with Crippen molar-refractivity contribution in [1.82, 2.24) is 5.32 Å². The zero-order valence-electron chi connectivity index (χ0n) is 16.1. The maximum Gasteiger partial charge on any atom is 0.234 e. The summed E-state index contributed by atoms with van der Waals surface area (Å²) in [5.74, 6) is -1.68. The number of rotatable bonds is 5. The maximum absolute atomic E-state index is 14.2. The van der Waals surface area contributed by atoms with Gasteiger partial charge in [0.2, 0.25) is 11.8 Å². The van der Waals surface area contributed by atoms with Gasteiger partial charge in [0.25, 0.3) is 0 Å². The number of nitrogens with zero attached hydrogens (tertiary/aromatic N) is 1. The molecule has 0 saturated heterocycles. The third kappa shape index (κ3) is 4.66. The lowest BCUT2D eigenvalue weighted by Gasteiger charge is -2.25. The van der Waals surface area contributed by atoms with Gasteiger partial charge in [-0.05, 0) is 36.6 Å². The molecule has 0 spiro atoms. The number of hydrogen-bond acceptors (Lipinski definition) is 4. The summed E-state index contributed by atoms with van der Waals surface area (Å²) in [5.41, 5.74) is 3.22. The fraction of sp³-hybridized carbons (Fsp3) is 0.227. The van der Waals surface area contributed by atoms with Gasteiger partial charge in [-0.1, -0.05) is 48.2 Å². The van der Waals surface area contributed by atoms with E-state index in [0.717, 1.165) is 28.6 Å². The minimum atomic E-state index is -0.667. The Bertz CT molecular complexity index is 1020. The summed E-state index contributed by atoms with van der Waals surface area (Å²) >= 11 is 1.07. The normalized spacial score (nSPS) is 16.2. The second-order valence-electron chi connectivity index (χ2n) is 6.78. The topological polar surface area (TPSA) is 82.0 Å². The van der Waals surface area contributed by atoms with Gasteiger partial charge in [0.05, 0.1) is 22.4 Å². The van der Waals surface area contributed by atoms with Crippen LogP contribution in [0.15, 0.2) is 53.1 Å². The predicted molar refractivity (Wildman–Crippen MR) is 112 cm³/mol. The van der Waals surface area contributed by atoms with Crippen molar-refractivity contribution < 1.29 is 14.0 Å². The third-order valence-corrected chi connectivity index (χ3v) is 5.75. The molecule has 1 atom stereocenters. The van der Waals surface area contributed by atoms with Crippen LogP contribution >= 0.6 is 11.8 Å². The van der Waals surface area contributed by atoms with Gasteiger partial charge in [0.1, 0.15) is 5.82 Å². The highest BCUT2D eigenvalue weighted by atomic mass is 32.2. The van der Waals surface area contributed by atoms with Gasteiger partial charge in [-0.2, -0.15) is 5.26 Å². The lowest BCUT2D eigenvalue weighted by atomic mass is 9.87. The fourth-order valence-electron chi connectivity index (χ4n) is 3.28. The minimum Gasteiger partial charge on any atom is -0.325 e. The van der Waals surface area contributed by atoms with Crippen LogP contribution in [0.2, 0.25) is 0 Å². The summed E-state index contributed by atoms with van der Waals surface area (Å²) in [5, 5.41) is 15.5. The standard InChI is InChI=1S/C22H20FN3O2S/c1-13-6-5-7-14(2)21(13)25-20(28)12-29-22-17(11-24)16(10-19(27)26-22)15-8-3-4-9-18(15)23/h3-9,16H,10,12H2,1-2H3,(H,25,28)(H,26,27)/t16-/m0/s1. The Morgan fingerprint density at radius 3 is 2.59 bits per heavy atom. The third-order valence-electron chi connectivity index (χ3n) is 4.73. The average Bonchev–Trinajstić information content (AvgIpc) is 2.69. The molecule has 0 saturated carbocycles. The number of benzene rings is 2. The molecule has 0 aromatic heterocycles. The van der Waals surface area contributed by atoms with Gasteiger partial charge in [0, 0.05) is 18.0 Å². The summed E-state index contributed by atoms with van der Waals surface area (Å²) in [4.78, 5) is 24.6. The summed E-state index contributed by atoms with van der Waals surface area (Å²) in [7, 11) is 0. The molecule has 29 heavy (non-hydrogen) atoms. The lowest BCUT2D eigenvalue weighted by Crippen LogP contribution is -2.31. The van der Waals surface area contributed by atoms with Crippen molar-refractivity contribution in [1.29, 1.82) is 5.26 Å². The molecule has 2 N–H and O–H groups in total. The highest BCUT2D eigenvalue weighted by Crippen LogP contribution is 2.37. The second kappa shape index (κ2) is 8.93. The van der Waals surface area contributed by atoms with Crippen molar-refractivity contribution in [2.75, 3.05) is 11.1 Å². The molecule has 0 aliphatic carbocycles. The molecule has 0 bridgehead atoms. The van der Waals surface area contributed by atoms with Crippen LogP contribution in [-0.4, -0.2) is 17.6 Å². The Kier molecular flexibility index (Phi) is 6.35. The molecule has 5 nitrogen and oxygen atoms in total. The molecule has 1 heterocycles.